The monoisotopic (exact) mass is 543 g/mol. The number of carbonyl (C=O) groups is 1. The Hall–Kier alpha value is -4.05. The van der Waals surface area contributed by atoms with Crippen molar-refractivity contribution in [2.75, 3.05) is 50.1 Å². The number of benzene rings is 1. The number of Topliss-reactive ketones (excluding diaryl/α,β-unsaturated/α-hetero) is 1. The predicted molar refractivity (Wildman–Crippen MR) is 153 cm³/mol. The molecule has 1 aromatic carbocycles. The number of nitrogens with zero attached hydrogens (tertiary/aromatic N) is 6. The van der Waals surface area contributed by atoms with Gasteiger partial charge in [0.1, 0.15) is 28.7 Å². The molecule has 2 aliphatic heterocycles. The number of hydrogen-bond donors (Lipinski definition) is 1. The summed E-state index contributed by atoms with van der Waals surface area (Å²) >= 11 is 0. The minimum Gasteiger partial charge on any atom is -0.493 e. The molecule has 1 saturated heterocycles. The van der Waals surface area contributed by atoms with Gasteiger partial charge in [0.15, 0.2) is 5.78 Å². The Balaban J connectivity index is 1.37. The first-order valence-corrected chi connectivity index (χ1v) is 13.8. The molecule has 5 heterocycles. The van der Waals surface area contributed by atoms with Crippen molar-refractivity contribution in [2.24, 2.45) is 5.92 Å². The molecule has 1 N–H and O–H groups in total. The Kier molecular flexibility index (Phi) is 6.87. The molecule has 0 amide bonds. The molecule has 2 aliphatic rings. The van der Waals surface area contributed by atoms with Gasteiger partial charge in [0, 0.05) is 85.4 Å². The van der Waals surface area contributed by atoms with E-state index in [1.165, 1.54) is 6.07 Å². The molecule has 0 spiro atoms. The van der Waals surface area contributed by atoms with Crippen LogP contribution in [0.1, 0.15) is 41.2 Å². The predicted octanol–water partition coefficient (Wildman–Crippen LogP) is 4.38. The van der Waals surface area contributed by atoms with Gasteiger partial charge >= 0.3 is 0 Å². The quantitative estimate of drug-likeness (QED) is 0.344. The summed E-state index contributed by atoms with van der Waals surface area (Å²) in [6, 6.07) is 7.21. The van der Waals surface area contributed by atoms with Crippen LogP contribution in [0.2, 0.25) is 0 Å². The topological polar surface area (TPSA) is 87.9 Å². The molecule has 6 rings (SSSR count). The lowest BCUT2D eigenvalue weighted by molar-refractivity contribution is 0.0935. The van der Waals surface area contributed by atoms with Crippen molar-refractivity contribution in [3.8, 4) is 16.9 Å². The summed E-state index contributed by atoms with van der Waals surface area (Å²) in [5, 5.41) is 3.28. The second-order valence-corrected chi connectivity index (χ2v) is 10.9. The zero-order valence-corrected chi connectivity index (χ0v) is 23.4. The number of anilines is 2. The summed E-state index contributed by atoms with van der Waals surface area (Å²) in [6.07, 6.45) is 4.13. The Morgan fingerprint density at radius 2 is 1.90 bits per heavy atom. The fourth-order valence-corrected chi connectivity index (χ4v) is 5.43. The van der Waals surface area contributed by atoms with Crippen molar-refractivity contribution in [3.05, 3.63) is 65.0 Å². The first-order valence-electron chi connectivity index (χ1n) is 13.8. The molecule has 4 aromatic rings. The van der Waals surface area contributed by atoms with Crippen molar-refractivity contribution >= 4 is 23.2 Å². The average Bonchev–Trinajstić information content (AvgIpc) is 3.60. The number of piperazine rings is 1. The Morgan fingerprint density at radius 3 is 2.65 bits per heavy atom. The van der Waals surface area contributed by atoms with E-state index in [2.05, 4.69) is 28.2 Å². The minimum atomic E-state index is -0.284. The summed E-state index contributed by atoms with van der Waals surface area (Å²) in [5.74, 6) is 1.62. The molecule has 9 nitrogen and oxygen atoms in total. The van der Waals surface area contributed by atoms with Crippen LogP contribution >= 0.6 is 0 Å². The van der Waals surface area contributed by atoms with E-state index in [-0.39, 0.29) is 24.1 Å². The SMILES string of the molecule is Cc1nc(N2CCN(C)CC2)ccc1-c1cnc(NCc2c(F)ccc3c2CCO3)n2cc(C(=O)C(C)C)nc12. The third-order valence-electron chi connectivity index (χ3n) is 7.82. The van der Waals surface area contributed by atoms with Crippen LogP contribution in [-0.2, 0) is 13.0 Å². The summed E-state index contributed by atoms with van der Waals surface area (Å²) in [5.41, 5.74) is 4.95. The Labute approximate surface area is 233 Å². The van der Waals surface area contributed by atoms with Gasteiger partial charge in [-0.05, 0) is 38.2 Å². The van der Waals surface area contributed by atoms with Gasteiger partial charge < -0.3 is 19.9 Å². The van der Waals surface area contributed by atoms with Gasteiger partial charge in [-0.3, -0.25) is 9.20 Å². The number of fused-ring (bicyclic) bond motifs is 2. The number of ketones is 1. The average molecular weight is 544 g/mol. The van der Waals surface area contributed by atoms with Crippen LogP contribution in [0.5, 0.6) is 5.75 Å². The van der Waals surface area contributed by atoms with Gasteiger partial charge in [0.25, 0.3) is 0 Å². The first-order chi connectivity index (χ1) is 19.3. The fourth-order valence-electron chi connectivity index (χ4n) is 5.43. The number of pyridine rings is 1. The van der Waals surface area contributed by atoms with Crippen LogP contribution in [-0.4, -0.2) is 69.9 Å². The number of imidazole rings is 1. The highest BCUT2D eigenvalue weighted by molar-refractivity contribution is 5.97. The zero-order valence-electron chi connectivity index (χ0n) is 23.4. The smallest absolute Gasteiger partial charge is 0.208 e. The van der Waals surface area contributed by atoms with Crippen LogP contribution in [0.15, 0.2) is 36.7 Å². The van der Waals surface area contributed by atoms with Crippen molar-refractivity contribution in [3.63, 3.8) is 0 Å². The number of rotatable bonds is 7. The van der Waals surface area contributed by atoms with E-state index >= 15 is 0 Å². The molecule has 0 aliphatic carbocycles. The number of hydrogen-bond acceptors (Lipinski definition) is 8. The second kappa shape index (κ2) is 10.5. The maximum atomic E-state index is 14.8. The van der Waals surface area contributed by atoms with Gasteiger partial charge in [-0.25, -0.2) is 19.3 Å². The molecular weight excluding hydrogens is 509 g/mol. The highest BCUT2D eigenvalue weighted by atomic mass is 19.1. The fraction of sp³-hybridized carbons (Fsp3) is 0.400. The Bertz CT molecular complexity index is 1590. The summed E-state index contributed by atoms with van der Waals surface area (Å²) < 4.78 is 22.2. The third kappa shape index (κ3) is 4.77. The van der Waals surface area contributed by atoms with Gasteiger partial charge in [-0.15, -0.1) is 0 Å². The number of nitrogens with one attached hydrogen (secondary N) is 1. The van der Waals surface area contributed by atoms with E-state index in [0.29, 0.717) is 35.9 Å². The van der Waals surface area contributed by atoms with Crippen LogP contribution in [0.25, 0.3) is 16.8 Å². The molecule has 10 heteroatoms. The van der Waals surface area contributed by atoms with E-state index < -0.39 is 0 Å². The van der Waals surface area contributed by atoms with Crippen LogP contribution in [0.3, 0.4) is 0 Å². The number of carbonyl (C=O) groups excluding carboxylic acids is 1. The van der Waals surface area contributed by atoms with Crippen LogP contribution in [0.4, 0.5) is 16.2 Å². The maximum absolute atomic E-state index is 14.8. The van der Waals surface area contributed by atoms with E-state index in [1.807, 2.05) is 26.8 Å². The highest BCUT2D eigenvalue weighted by Gasteiger charge is 2.23. The van der Waals surface area contributed by atoms with Gasteiger partial charge in [-0.2, -0.15) is 0 Å². The van der Waals surface area contributed by atoms with Crippen molar-refractivity contribution in [1.29, 1.82) is 0 Å². The molecule has 208 valence electrons. The van der Waals surface area contributed by atoms with E-state index in [9.17, 15) is 9.18 Å². The molecule has 0 unspecified atom stereocenters. The molecule has 0 radical (unpaired) electrons. The third-order valence-corrected chi connectivity index (χ3v) is 7.82. The molecule has 0 saturated carbocycles. The largest absolute Gasteiger partial charge is 0.493 e. The maximum Gasteiger partial charge on any atom is 0.208 e. The second-order valence-electron chi connectivity index (χ2n) is 10.9. The van der Waals surface area contributed by atoms with Gasteiger partial charge in [0.2, 0.25) is 5.95 Å². The minimum absolute atomic E-state index is 0.0510. The van der Waals surface area contributed by atoms with Crippen LogP contribution < -0.4 is 15.0 Å². The van der Waals surface area contributed by atoms with E-state index in [4.69, 9.17) is 19.7 Å². The van der Waals surface area contributed by atoms with Crippen molar-refractivity contribution in [2.45, 2.75) is 33.7 Å². The lowest BCUT2D eigenvalue weighted by atomic mass is 10.0. The molecular formula is C30H34FN7O2. The molecule has 3 aromatic heterocycles. The summed E-state index contributed by atoms with van der Waals surface area (Å²) in [6.45, 7) is 10.4. The summed E-state index contributed by atoms with van der Waals surface area (Å²) in [4.78, 5) is 31.9. The number of likely N-dealkylation sites (N-methyl/N-ethyl adjacent to an activating group) is 1. The van der Waals surface area contributed by atoms with Gasteiger partial charge in [-0.1, -0.05) is 13.8 Å². The van der Waals surface area contributed by atoms with Crippen molar-refractivity contribution in [1.82, 2.24) is 24.3 Å². The highest BCUT2D eigenvalue weighted by Crippen LogP contribution is 2.32. The standard InChI is InChI=1S/C30H34FN7O2/c1-18(2)28(39)25-17-38-29(35-25)23(20-5-8-27(34-19(20)3)37-12-10-36(4)11-13-37)16-33-30(38)32-15-22-21-9-14-40-26(21)7-6-24(22)31/h5-8,16-18H,9-15H2,1-4H3,(H,32,33). The van der Waals surface area contributed by atoms with Gasteiger partial charge in [0.05, 0.1) is 6.61 Å². The lowest BCUT2D eigenvalue weighted by Crippen LogP contribution is -2.44. The number of halogens is 1. The van der Waals surface area contributed by atoms with E-state index in [1.54, 1.807) is 22.9 Å². The number of aryl methyl sites for hydroxylation is 1. The Morgan fingerprint density at radius 1 is 1.10 bits per heavy atom. The van der Waals surface area contributed by atoms with Crippen LogP contribution in [0, 0.1) is 18.7 Å². The lowest BCUT2D eigenvalue weighted by Gasteiger charge is -2.33. The molecule has 40 heavy (non-hydrogen) atoms. The summed E-state index contributed by atoms with van der Waals surface area (Å²) in [7, 11) is 2.13. The van der Waals surface area contributed by atoms with E-state index in [0.717, 1.165) is 60.1 Å². The van der Waals surface area contributed by atoms with Crippen molar-refractivity contribution < 1.29 is 13.9 Å². The zero-order chi connectivity index (χ0) is 28.0. The first kappa shape index (κ1) is 26.2. The molecule has 1 fully saturated rings. The number of ether oxygens (including phenoxy) is 1. The molecule has 0 bridgehead atoms. The normalized spacial score (nSPS) is 15.5. The molecule has 0 atom stereocenters. The number of aromatic nitrogens is 4.